The number of amides is 3. The molecule has 0 aliphatic rings. The Hall–Kier alpha value is -2.37. The third-order valence-electron chi connectivity index (χ3n) is 2.24. The van der Waals surface area contributed by atoms with Crippen molar-refractivity contribution in [1.29, 1.82) is 0 Å². The molecular formula is C12H15N3O3. The van der Waals surface area contributed by atoms with Crippen molar-refractivity contribution in [2.45, 2.75) is 19.9 Å². The second-order valence-electron chi connectivity index (χ2n) is 3.86. The molecule has 1 aromatic rings. The molecule has 3 amide bonds. The van der Waals surface area contributed by atoms with Crippen molar-refractivity contribution in [3.63, 3.8) is 0 Å². The summed E-state index contributed by atoms with van der Waals surface area (Å²) >= 11 is 0. The van der Waals surface area contributed by atoms with Crippen LogP contribution in [0.3, 0.4) is 0 Å². The minimum atomic E-state index is -0.729. The van der Waals surface area contributed by atoms with E-state index in [-0.39, 0.29) is 5.91 Å². The van der Waals surface area contributed by atoms with Crippen molar-refractivity contribution in [1.82, 2.24) is 5.32 Å². The second kappa shape index (κ2) is 5.81. The molecule has 6 heteroatoms. The number of hydrogen-bond donors (Lipinski definition) is 3. The van der Waals surface area contributed by atoms with Crippen LogP contribution in [-0.4, -0.2) is 23.8 Å². The summed E-state index contributed by atoms with van der Waals surface area (Å²) in [5.41, 5.74) is 6.03. The Kier molecular flexibility index (Phi) is 4.42. The fourth-order valence-electron chi connectivity index (χ4n) is 1.26. The van der Waals surface area contributed by atoms with Gasteiger partial charge in [0.25, 0.3) is 5.91 Å². The van der Waals surface area contributed by atoms with Gasteiger partial charge in [-0.05, 0) is 31.2 Å². The Labute approximate surface area is 105 Å². The minimum absolute atomic E-state index is 0.186. The van der Waals surface area contributed by atoms with Crippen LogP contribution in [0.15, 0.2) is 24.3 Å². The highest BCUT2D eigenvalue weighted by atomic mass is 16.2. The molecule has 1 atom stereocenters. The molecule has 0 saturated carbocycles. The maximum Gasteiger partial charge on any atom is 0.251 e. The summed E-state index contributed by atoms with van der Waals surface area (Å²) in [5.74, 6) is -1.18. The summed E-state index contributed by atoms with van der Waals surface area (Å²) in [4.78, 5) is 33.3. The maximum atomic E-state index is 11.7. The average Bonchev–Trinajstić information content (AvgIpc) is 2.28. The first kappa shape index (κ1) is 13.7. The lowest BCUT2D eigenvalue weighted by molar-refractivity contribution is -0.119. The molecule has 1 aromatic carbocycles. The van der Waals surface area contributed by atoms with Gasteiger partial charge in [0.15, 0.2) is 0 Å². The highest BCUT2D eigenvalue weighted by molar-refractivity contribution is 5.97. The van der Waals surface area contributed by atoms with Gasteiger partial charge in [0.2, 0.25) is 11.8 Å². The number of rotatable bonds is 4. The maximum absolute atomic E-state index is 11.7. The third kappa shape index (κ3) is 3.89. The lowest BCUT2D eigenvalue weighted by Crippen LogP contribution is -2.42. The van der Waals surface area contributed by atoms with Crippen LogP contribution in [-0.2, 0) is 9.59 Å². The van der Waals surface area contributed by atoms with E-state index in [9.17, 15) is 14.4 Å². The summed E-state index contributed by atoms with van der Waals surface area (Å²) in [6.45, 7) is 2.90. The van der Waals surface area contributed by atoms with Gasteiger partial charge >= 0.3 is 0 Å². The number of carbonyl (C=O) groups excluding carboxylic acids is 3. The molecule has 0 bridgehead atoms. The first-order chi connectivity index (χ1) is 8.40. The molecule has 6 nitrogen and oxygen atoms in total. The quantitative estimate of drug-likeness (QED) is 0.712. The Morgan fingerprint density at radius 2 is 1.72 bits per heavy atom. The van der Waals surface area contributed by atoms with Crippen LogP contribution < -0.4 is 16.4 Å². The van der Waals surface area contributed by atoms with Crippen molar-refractivity contribution in [3.05, 3.63) is 29.8 Å². The van der Waals surface area contributed by atoms with Crippen molar-refractivity contribution in [2.75, 3.05) is 5.32 Å². The van der Waals surface area contributed by atoms with Gasteiger partial charge in [-0.2, -0.15) is 0 Å². The molecule has 0 spiro atoms. The van der Waals surface area contributed by atoms with Crippen molar-refractivity contribution < 1.29 is 14.4 Å². The van der Waals surface area contributed by atoms with Crippen molar-refractivity contribution in [3.8, 4) is 0 Å². The topological polar surface area (TPSA) is 101 Å². The predicted molar refractivity (Wildman–Crippen MR) is 66.9 cm³/mol. The Balaban J connectivity index is 2.70. The Morgan fingerprint density at radius 1 is 1.17 bits per heavy atom. The molecule has 1 rings (SSSR count). The smallest absolute Gasteiger partial charge is 0.251 e. The van der Waals surface area contributed by atoms with E-state index in [0.717, 1.165) is 0 Å². The van der Waals surface area contributed by atoms with Gasteiger partial charge < -0.3 is 16.4 Å². The molecule has 0 aliphatic heterocycles. The van der Waals surface area contributed by atoms with Gasteiger partial charge in [-0.1, -0.05) is 0 Å². The molecule has 18 heavy (non-hydrogen) atoms. The number of carbonyl (C=O) groups is 3. The summed E-state index contributed by atoms with van der Waals surface area (Å²) < 4.78 is 0. The van der Waals surface area contributed by atoms with E-state index in [4.69, 9.17) is 5.73 Å². The van der Waals surface area contributed by atoms with Crippen molar-refractivity contribution in [2.24, 2.45) is 5.73 Å². The average molecular weight is 249 g/mol. The van der Waals surface area contributed by atoms with E-state index in [1.807, 2.05) is 0 Å². The highest BCUT2D eigenvalue weighted by Crippen LogP contribution is 2.09. The molecule has 0 fully saturated rings. The van der Waals surface area contributed by atoms with Crippen LogP contribution in [0.25, 0.3) is 0 Å². The summed E-state index contributed by atoms with van der Waals surface area (Å²) in [6, 6.07) is 5.58. The summed E-state index contributed by atoms with van der Waals surface area (Å²) in [6.07, 6.45) is 0. The predicted octanol–water partition coefficient (Wildman–Crippen LogP) is 0.249. The molecule has 96 valence electrons. The molecule has 0 aromatic heterocycles. The van der Waals surface area contributed by atoms with Gasteiger partial charge in [0.1, 0.15) is 6.04 Å². The van der Waals surface area contributed by atoms with Crippen LogP contribution in [0.2, 0.25) is 0 Å². The summed E-state index contributed by atoms with van der Waals surface area (Å²) in [7, 11) is 0. The first-order valence-electron chi connectivity index (χ1n) is 5.38. The van der Waals surface area contributed by atoms with E-state index in [0.29, 0.717) is 11.3 Å². The lowest BCUT2D eigenvalue weighted by Gasteiger charge is -2.10. The number of nitrogens with one attached hydrogen (secondary N) is 2. The minimum Gasteiger partial charge on any atom is -0.368 e. The fraction of sp³-hybridized carbons (Fsp3) is 0.250. The second-order valence-corrected chi connectivity index (χ2v) is 3.86. The van der Waals surface area contributed by atoms with E-state index >= 15 is 0 Å². The molecule has 0 unspecified atom stereocenters. The zero-order valence-electron chi connectivity index (χ0n) is 10.2. The van der Waals surface area contributed by atoms with Crippen LogP contribution in [0.5, 0.6) is 0 Å². The molecule has 0 saturated heterocycles. The zero-order chi connectivity index (χ0) is 13.7. The first-order valence-corrected chi connectivity index (χ1v) is 5.38. The lowest BCUT2D eigenvalue weighted by atomic mass is 10.2. The molecule has 0 heterocycles. The number of primary amides is 1. The van der Waals surface area contributed by atoms with Gasteiger partial charge in [0.05, 0.1) is 0 Å². The van der Waals surface area contributed by atoms with Crippen LogP contribution >= 0.6 is 0 Å². The van der Waals surface area contributed by atoms with Crippen LogP contribution in [0, 0.1) is 0 Å². The molecular weight excluding hydrogens is 234 g/mol. The summed E-state index contributed by atoms with van der Waals surface area (Å²) in [5, 5.41) is 5.04. The molecule has 4 N–H and O–H groups in total. The van der Waals surface area contributed by atoms with E-state index in [1.54, 1.807) is 24.3 Å². The third-order valence-corrected chi connectivity index (χ3v) is 2.24. The number of hydrogen-bond acceptors (Lipinski definition) is 3. The molecule has 0 radical (unpaired) electrons. The Bertz CT molecular complexity index is 468. The van der Waals surface area contributed by atoms with Crippen LogP contribution in [0.1, 0.15) is 24.2 Å². The highest BCUT2D eigenvalue weighted by Gasteiger charge is 2.13. The Morgan fingerprint density at radius 3 is 2.17 bits per heavy atom. The van der Waals surface area contributed by atoms with E-state index in [1.165, 1.54) is 13.8 Å². The van der Waals surface area contributed by atoms with Gasteiger partial charge in [-0.15, -0.1) is 0 Å². The number of anilines is 1. The fourth-order valence-corrected chi connectivity index (χ4v) is 1.26. The number of nitrogens with two attached hydrogens (primary N) is 1. The zero-order valence-corrected chi connectivity index (χ0v) is 10.2. The SMILES string of the molecule is CC(=O)Nc1ccc(C(=O)N[C@H](C)C(N)=O)cc1. The number of benzene rings is 1. The van der Waals surface area contributed by atoms with E-state index < -0.39 is 17.9 Å². The van der Waals surface area contributed by atoms with Gasteiger partial charge in [-0.25, -0.2) is 0 Å². The van der Waals surface area contributed by atoms with Crippen molar-refractivity contribution >= 4 is 23.4 Å². The van der Waals surface area contributed by atoms with Gasteiger partial charge in [-0.3, -0.25) is 14.4 Å². The van der Waals surface area contributed by atoms with E-state index in [2.05, 4.69) is 10.6 Å². The normalized spacial score (nSPS) is 11.4. The van der Waals surface area contributed by atoms with Crippen LogP contribution in [0.4, 0.5) is 5.69 Å². The van der Waals surface area contributed by atoms with Gasteiger partial charge in [0, 0.05) is 18.2 Å². The molecule has 0 aliphatic carbocycles. The standard InChI is InChI=1S/C12H15N3O3/c1-7(11(13)17)14-12(18)9-3-5-10(6-4-9)15-8(2)16/h3-7H,1-2H3,(H2,13,17)(H,14,18)(H,15,16)/t7-/m1/s1. The monoisotopic (exact) mass is 249 g/mol. The largest absolute Gasteiger partial charge is 0.368 e.